The fraction of sp³-hybridized carbons (Fsp3) is 0.409. The van der Waals surface area contributed by atoms with Crippen LogP contribution in [0.1, 0.15) is 60.9 Å². The lowest BCUT2D eigenvalue weighted by Gasteiger charge is -2.28. The summed E-state index contributed by atoms with van der Waals surface area (Å²) in [5, 5.41) is 0. The van der Waals surface area contributed by atoms with Crippen LogP contribution in [0, 0.1) is 11.7 Å². The number of esters is 1. The maximum atomic E-state index is 14.5. The number of carbonyl (C=O) groups excluding carboxylic acids is 1. The molecule has 2 aromatic rings. The molecule has 0 aliphatic heterocycles. The molecule has 1 aliphatic rings. The Hall–Kier alpha value is -2.57. The van der Waals surface area contributed by atoms with Gasteiger partial charge in [-0.1, -0.05) is 19.4 Å². The van der Waals surface area contributed by atoms with E-state index in [1.165, 1.54) is 12.1 Å². The Morgan fingerprint density at radius 2 is 1.62 bits per heavy atom. The van der Waals surface area contributed by atoms with Gasteiger partial charge in [-0.3, -0.25) is 0 Å². The zero-order valence-corrected chi connectivity index (χ0v) is 16.0. The molecule has 3 nitrogen and oxygen atoms in total. The molecule has 7 heteroatoms. The summed E-state index contributed by atoms with van der Waals surface area (Å²) in [7, 11) is 0. The highest BCUT2D eigenvalue weighted by atomic mass is 19.4. The van der Waals surface area contributed by atoms with Crippen molar-refractivity contribution in [2.75, 3.05) is 0 Å². The summed E-state index contributed by atoms with van der Waals surface area (Å²) in [5.41, 5.74) is 0.661. The summed E-state index contributed by atoms with van der Waals surface area (Å²) in [6, 6.07) is 8.87. The Morgan fingerprint density at radius 1 is 1.00 bits per heavy atom. The molecule has 0 bridgehead atoms. The Bertz CT molecular complexity index is 838. The standard InChI is InChI=1S/C22H22F4O3/c1-2-14-3-5-15(6-4-14)16-7-12-19(20(23)13-16)21(27)28-17-8-10-18(11-9-17)29-22(24,25)26/h7-15H,2-6H2,1H3. The first-order chi connectivity index (χ1) is 13.7. The van der Waals surface area contributed by atoms with Crippen molar-refractivity contribution in [2.24, 2.45) is 5.92 Å². The Morgan fingerprint density at radius 3 is 2.17 bits per heavy atom. The second kappa shape index (κ2) is 8.84. The lowest BCUT2D eigenvalue weighted by atomic mass is 9.78. The van der Waals surface area contributed by atoms with Crippen molar-refractivity contribution in [1.29, 1.82) is 0 Å². The van der Waals surface area contributed by atoms with Crippen molar-refractivity contribution in [3.63, 3.8) is 0 Å². The van der Waals surface area contributed by atoms with Gasteiger partial charge in [-0.05, 0) is 79.5 Å². The number of alkyl halides is 3. The van der Waals surface area contributed by atoms with Crippen molar-refractivity contribution < 1.29 is 31.8 Å². The van der Waals surface area contributed by atoms with Gasteiger partial charge < -0.3 is 9.47 Å². The lowest BCUT2D eigenvalue weighted by molar-refractivity contribution is -0.274. The zero-order valence-electron chi connectivity index (χ0n) is 16.0. The summed E-state index contributed by atoms with van der Waals surface area (Å²) < 4.78 is 59.8. The van der Waals surface area contributed by atoms with Crippen LogP contribution in [0.4, 0.5) is 17.6 Å². The van der Waals surface area contributed by atoms with Crippen LogP contribution < -0.4 is 9.47 Å². The largest absolute Gasteiger partial charge is 0.573 e. The average Bonchev–Trinajstić information content (AvgIpc) is 2.68. The molecule has 0 aromatic heterocycles. The van der Waals surface area contributed by atoms with Gasteiger partial charge in [0, 0.05) is 0 Å². The van der Waals surface area contributed by atoms with Crippen LogP contribution in [0.2, 0.25) is 0 Å². The fourth-order valence-corrected chi connectivity index (χ4v) is 3.73. The molecule has 0 spiro atoms. The smallest absolute Gasteiger partial charge is 0.423 e. The number of hydrogen-bond donors (Lipinski definition) is 0. The van der Waals surface area contributed by atoms with Crippen LogP contribution in [-0.2, 0) is 0 Å². The van der Waals surface area contributed by atoms with Gasteiger partial charge in [0.15, 0.2) is 0 Å². The molecule has 1 fully saturated rings. The number of carbonyl (C=O) groups is 1. The molecule has 0 radical (unpaired) electrons. The molecule has 1 aliphatic carbocycles. The fourth-order valence-electron chi connectivity index (χ4n) is 3.73. The molecule has 0 unspecified atom stereocenters. The van der Waals surface area contributed by atoms with E-state index in [-0.39, 0.29) is 11.3 Å². The first-order valence-electron chi connectivity index (χ1n) is 9.62. The van der Waals surface area contributed by atoms with E-state index in [1.54, 1.807) is 6.07 Å². The molecule has 2 aromatic carbocycles. The number of halogens is 4. The molecule has 156 valence electrons. The van der Waals surface area contributed by atoms with Crippen LogP contribution in [0.5, 0.6) is 11.5 Å². The highest BCUT2D eigenvalue weighted by Gasteiger charge is 2.31. The summed E-state index contributed by atoms with van der Waals surface area (Å²) in [5.74, 6) is -0.997. The molecule has 0 N–H and O–H groups in total. The predicted octanol–water partition coefficient (Wildman–Crippen LogP) is 6.63. The van der Waals surface area contributed by atoms with Crippen LogP contribution in [0.3, 0.4) is 0 Å². The maximum absolute atomic E-state index is 14.5. The highest BCUT2D eigenvalue weighted by Crippen LogP contribution is 2.37. The quantitative estimate of drug-likeness (QED) is 0.315. The minimum Gasteiger partial charge on any atom is -0.423 e. The minimum absolute atomic E-state index is 0.00844. The molecule has 3 rings (SSSR count). The van der Waals surface area contributed by atoms with Gasteiger partial charge in [0.05, 0.1) is 5.56 Å². The molecular formula is C22H22F4O3. The van der Waals surface area contributed by atoms with Crippen molar-refractivity contribution >= 4 is 5.97 Å². The third-order valence-corrected chi connectivity index (χ3v) is 5.38. The van der Waals surface area contributed by atoms with Crippen molar-refractivity contribution in [2.45, 2.75) is 51.3 Å². The first kappa shape index (κ1) is 21.1. The Labute approximate surface area is 166 Å². The van der Waals surface area contributed by atoms with Crippen molar-refractivity contribution in [3.05, 3.63) is 59.4 Å². The van der Waals surface area contributed by atoms with Crippen molar-refractivity contribution in [1.82, 2.24) is 0 Å². The minimum atomic E-state index is -4.81. The third kappa shape index (κ3) is 5.71. The van der Waals surface area contributed by atoms with Gasteiger partial charge in [0.2, 0.25) is 0 Å². The summed E-state index contributed by atoms with van der Waals surface area (Å²) in [6.07, 6.45) is 0.622. The SMILES string of the molecule is CCC1CCC(c2ccc(C(=O)Oc3ccc(OC(F)(F)F)cc3)c(F)c2)CC1. The summed E-state index contributed by atoms with van der Waals surface area (Å²) in [6.45, 7) is 2.18. The number of ether oxygens (including phenoxy) is 2. The van der Waals surface area contributed by atoms with E-state index in [2.05, 4.69) is 11.7 Å². The van der Waals surface area contributed by atoms with Gasteiger partial charge in [-0.25, -0.2) is 9.18 Å². The average molecular weight is 410 g/mol. The Kier molecular flexibility index (Phi) is 6.45. The van der Waals surface area contributed by atoms with E-state index in [0.29, 0.717) is 5.92 Å². The molecule has 0 amide bonds. The second-order valence-electron chi connectivity index (χ2n) is 7.27. The van der Waals surface area contributed by atoms with E-state index in [9.17, 15) is 22.4 Å². The number of benzene rings is 2. The first-order valence-corrected chi connectivity index (χ1v) is 9.62. The van der Waals surface area contributed by atoms with Crippen LogP contribution >= 0.6 is 0 Å². The molecule has 1 saturated carbocycles. The van der Waals surface area contributed by atoms with Gasteiger partial charge in [-0.15, -0.1) is 13.2 Å². The highest BCUT2D eigenvalue weighted by molar-refractivity contribution is 5.91. The zero-order chi connectivity index (χ0) is 21.0. The maximum Gasteiger partial charge on any atom is 0.573 e. The predicted molar refractivity (Wildman–Crippen MR) is 99.5 cm³/mol. The van der Waals surface area contributed by atoms with Gasteiger partial charge in [0.1, 0.15) is 17.3 Å². The number of rotatable bonds is 5. The Balaban J connectivity index is 1.64. The molecular weight excluding hydrogens is 388 g/mol. The normalized spacial score (nSPS) is 19.6. The van der Waals surface area contributed by atoms with Gasteiger partial charge in [0.25, 0.3) is 0 Å². The van der Waals surface area contributed by atoms with Crippen molar-refractivity contribution in [3.8, 4) is 11.5 Å². The number of hydrogen-bond acceptors (Lipinski definition) is 3. The van der Waals surface area contributed by atoms with Crippen LogP contribution in [0.25, 0.3) is 0 Å². The summed E-state index contributed by atoms with van der Waals surface area (Å²) >= 11 is 0. The van der Waals surface area contributed by atoms with Gasteiger partial charge >= 0.3 is 12.3 Å². The molecule has 0 heterocycles. The second-order valence-corrected chi connectivity index (χ2v) is 7.27. The third-order valence-electron chi connectivity index (χ3n) is 5.38. The van der Waals surface area contributed by atoms with Crippen LogP contribution in [-0.4, -0.2) is 12.3 Å². The van der Waals surface area contributed by atoms with E-state index in [1.807, 2.05) is 0 Å². The monoisotopic (exact) mass is 410 g/mol. The van der Waals surface area contributed by atoms with E-state index < -0.39 is 23.9 Å². The summed E-state index contributed by atoms with van der Waals surface area (Å²) in [4.78, 5) is 12.2. The molecule has 29 heavy (non-hydrogen) atoms. The van der Waals surface area contributed by atoms with E-state index >= 15 is 0 Å². The van der Waals surface area contributed by atoms with E-state index in [4.69, 9.17) is 4.74 Å². The van der Waals surface area contributed by atoms with Crippen LogP contribution in [0.15, 0.2) is 42.5 Å². The van der Waals surface area contributed by atoms with E-state index in [0.717, 1.165) is 67.9 Å². The topological polar surface area (TPSA) is 35.5 Å². The molecule has 0 atom stereocenters. The van der Waals surface area contributed by atoms with Gasteiger partial charge in [-0.2, -0.15) is 0 Å². The molecule has 0 saturated heterocycles. The lowest BCUT2D eigenvalue weighted by Crippen LogP contribution is -2.17.